The van der Waals surface area contributed by atoms with Crippen molar-refractivity contribution in [3.63, 3.8) is 0 Å². The van der Waals surface area contributed by atoms with Gasteiger partial charge in [-0.1, -0.05) is 0 Å². The predicted molar refractivity (Wildman–Crippen MR) is 70.3 cm³/mol. The van der Waals surface area contributed by atoms with Crippen LogP contribution in [0.25, 0.3) is 11.0 Å². The van der Waals surface area contributed by atoms with Gasteiger partial charge in [-0.25, -0.2) is 0 Å². The number of hydrogen-bond acceptors (Lipinski definition) is 4. The number of aromatic amines is 1. The number of nitrogens with one attached hydrogen (secondary N) is 2. The number of aromatic nitrogens is 3. The first-order valence-electron chi connectivity index (χ1n) is 5.93. The van der Waals surface area contributed by atoms with E-state index in [0.717, 1.165) is 5.52 Å². The fraction of sp³-hybridized carbons (Fsp3) is 0.0769. The van der Waals surface area contributed by atoms with E-state index < -0.39 is 6.36 Å². The van der Waals surface area contributed by atoms with Crippen LogP contribution in [-0.4, -0.2) is 21.5 Å². The van der Waals surface area contributed by atoms with Gasteiger partial charge in [0.05, 0.1) is 5.52 Å². The van der Waals surface area contributed by atoms with Crippen molar-refractivity contribution in [1.29, 1.82) is 0 Å². The van der Waals surface area contributed by atoms with Gasteiger partial charge in [-0.15, -0.1) is 13.2 Å². The molecular weight excluding hydrogens is 285 g/mol. The van der Waals surface area contributed by atoms with Crippen LogP contribution >= 0.6 is 0 Å². The lowest BCUT2D eigenvalue weighted by atomic mass is 10.3. The lowest BCUT2D eigenvalue weighted by Crippen LogP contribution is -2.16. The third-order valence-electron chi connectivity index (χ3n) is 2.67. The number of nitrogens with zero attached hydrogens (tertiary/aromatic N) is 2. The Labute approximate surface area is 116 Å². The first-order valence-corrected chi connectivity index (χ1v) is 5.93. The number of pyridine rings is 1. The summed E-state index contributed by atoms with van der Waals surface area (Å²) in [6.07, 6.45) is -3.07. The van der Waals surface area contributed by atoms with Gasteiger partial charge in [0.2, 0.25) is 0 Å². The van der Waals surface area contributed by atoms with E-state index >= 15 is 0 Å². The van der Waals surface area contributed by atoms with Crippen LogP contribution in [0.3, 0.4) is 0 Å². The zero-order valence-corrected chi connectivity index (χ0v) is 10.5. The van der Waals surface area contributed by atoms with Gasteiger partial charge in [0.25, 0.3) is 0 Å². The zero-order valence-electron chi connectivity index (χ0n) is 10.5. The van der Waals surface area contributed by atoms with Crippen LogP contribution in [0, 0.1) is 0 Å². The normalized spacial score (nSPS) is 11.6. The Morgan fingerprint density at radius 2 is 1.86 bits per heavy atom. The molecule has 0 aliphatic rings. The summed E-state index contributed by atoms with van der Waals surface area (Å²) < 4.78 is 40.0. The van der Waals surface area contributed by atoms with Gasteiger partial charge >= 0.3 is 6.36 Å². The molecule has 108 valence electrons. The molecule has 0 unspecified atom stereocenters. The zero-order chi connectivity index (χ0) is 14.9. The third kappa shape index (κ3) is 3.04. The number of ether oxygens (including phenoxy) is 1. The van der Waals surface area contributed by atoms with Crippen molar-refractivity contribution >= 4 is 22.5 Å². The van der Waals surface area contributed by atoms with E-state index in [-0.39, 0.29) is 5.75 Å². The van der Waals surface area contributed by atoms with E-state index in [0.29, 0.717) is 17.0 Å². The molecule has 0 bridgehead atoms. The highest BCUT2D eigenvalue weighted by Gasteiger charge is 2.30. The summed E-state index contributed by atoms with van der Waals surface area (Å²) in [5, 5.41) is 9.84. The van der Waals surface area contributed by atoms with E-state index in [1.54, 1.807) is 12.3 Å². The number of rotatable bonds is 3. The first kappa shape index (κ1) is 13.2. The van der Waals surface area contributed by atoms with Gasteiger partial charge in [0.1, 0.15) is 11.3 Å². The highest BCUT2D eigenvalue weighted by Crippen LogP contribution is 2.26. The largest absolute Gasteiger partial charge is 0.573 e. The molecule has 2 N–H and O–H groups in total. The number of benzene rings is 1. The molecule has 2 heterocycles. The predicted octanol–water partition coefficient (Wildman–Crippen LogP) is 3.60. The van der Waals surface area contributed by atoms with Crippen LogP contribution < -0.4 is 10.1 Å². The topological polar surface area (TPSA) is 62.8 Å². The Bertz CT molecular complexity index is 752. The summed E-state index contributed by atoms with van der Waals surface area (Å²) in [6.45, 7) is 0. The van der Waals surface area contributed by atoms with E-state index in [1.165, 1.54) is 24.3 Å². The summed E-state index contributed by atoms with van der Waals surface area (Å²) in [7, 11) is 0. The molecule has 0 aliphatic heterocycles. The molecule has 2 aromatic heterocycles. The van der Waals surface area contributed by atoms with Gasteiger partial charge < -0.3 is 10.1 Å². The highest BCUT2D eigenvalue weighted by atomic mass is 19.4. The second-order valence-electron chi connectivity index (χ2n) is 4.17. The molecule has 3 aromatic rings. The van der Waals surface area contributed by atoms with Crippen LogP contribution in [0.4, 0.5) is 24.7 Å². The number of anilines is 2. The number of halogens is 3. The minimum atomic E-state index is -4.70. The molecule has 5 nitrogen and oxygen atoms in total. The molecule has 0 saturated heterocycles. The second kappa shape index (κ2) is 4.97. The lowest BCUT2D eigenvalue weighted by molar-refractivity contribution is -0.274. The fourth-order valence-electron chi connectivity index (χ4n) is 1.82. The van der Waals surface area contributed by atoms with Crippen molar-refractivity contribution in [3.8, 4) is 5.75 Å². The highest BCUT2D eigenvalue weighted by molar-refractivity contribution is 5.87. The summed E-state index contributed by atoms with van der Waals surface area (Å²) in [6, 6.07) is 8.96. The molecule has 0 saturated carbocycles. The van der Waals surface area contributed by atoms with Crippen LogP contribution in [0.5, 0.6) is 5.75 Å². The molecule has 0 amide bonds. The monoisotopic (exact) mass is 294 g/mol. The van der Waals surface area contributed by atoms with Crippen molar-refractivity contribution in [3.05, 3.63) is 42.6 Å². The Morgan fingerprint density at radius 3 is 2.57 bits per heavy atom. The van der Waals surface area contributed by atoms with Gasteiger partial charge in [-0.2, -0.15) is 5.10 Å². The van der Waals surface area contributed by atoms with E-state index in [9.17, 15) is 13.2 Å². The molecule has 0 aliphatic carbocycles. The minimum Gasteiger partial charge on any atom is -0.406 e. The average molecular weight is 294 g/mol. The van der Waals surface area contributed by atoms with Crippen molar-refractivity contribution in [2.75, 3.05) is 5.32 Å². The SMILES string of the molecule is FC(F)(F)Oc1ccc(Nc2n[nH]c3cccnc23)cc1. The maximum absolute atomic E-state index is 12.1. The molecule has 0 radical (unpaired) electrons. The number of hydrogen-bond donors (Lipinski definition) is 2. The van der Waals surface area contributed by atoms with Gasteiger partial charge in [0, 0.05) is 11.9 Å². The van der Waals surface area contributed by atoms with E-state index in [4.69, 9.17) is 0 Å². The van der Waals surface area contributed by atoms with Gasteiger partial charge in [0.15, 0.2) is 5.82 Å². The second-order valence-corrected chi connectivity index (χ2v) is 4.17. The fourth-order valence-corrected chi connectivity index (χ4v) is 1.82. The number of fused-ring (bicyclic) bond motifs is 1. The van der Waals surface area contributed by atoms with Crippen molar-refractivity contribution in [1.82, 2.24) is 15.2 Å². The van der Waals surface area contributed by atoms with E-state index in [1.807, 2.05) is 6.07 Å². The number of alkyl halides is 3. The minimum absolute atomic E-state index is 0.280. The van der Waals surface area contributed by atoms with Crippen molar-refractivity contribution < 1.29 is 17.9 Å². The summed E-state index contributed by atoms with van der Waals surface area (Å²) in [4.78, 5) is 4.17. The van der Waals surface area contributed by atoms with Crippen LogP contribution in [-0.2, 0) is 0 Å². The molecular formula is C13H9F3N4O. The summed E-state index contributed by atoms with van der Waals surface area (Å²) in [5.74, 6) is 0.216. The standard InChI is InChI=1S/C13H9F3N4O/c14-13(15,16)21-9-5-3-8(4-6-9)18-12-11-10(19-20-12)2-1-7-17-11/h1-7H,(H2,18,19,20). The molecule has 0 atom stereocenters. The van der Waals surface area contributed by atoms with E-state index in [2.05, 4.69) is 25.2 Å². The molecule has 0 spiro atoms. The maximum atomic E-state index is 12.1. The van der Waals surface area contributed by atoms with Crippen LogP contribution in [0.15, 0.2) is 42.6 Å². The quantitative estimate of drug-likeness (QED) is 0.774. The Balaban J connectivity index is 1.79. The molecule has 3 rings (SSSR count). The smallest absolute Gasteiger partial charge is 0.406 e. The molecule has 1 aromatic carbocycles. The average Bonchev–Trinajstić information content (AvgIpc) is 2.83. The first-order chi connectivity index (χ1) is 10.0. The third-order valence-corrected chi connectivity index (χ3v) is 2.67. The summed E-state index contributed by atoms with van der Waals surface area (Å²) in [5.41, 5.74) is 1.98. The Kier molecular flexibility index (Phi) is 3.13. The lowest BCUT2D eigenvalue weighted by Gasteiger charge is -2.09. The maximum Gasteiger partial charge on any atom is 0.573 e. The molecule has 0 fully saturated rings. The van der Waals surface area contributed by atoms with Crippen molar-refractivity contribution in [2.45, 2.75) is 6.36 Å². The van der Waals surface area contributed by atoms with Gasteiger partial charge in [-0.3, -0.25) is 10.1 Å². The van der Waals surface area contributed by atoms with Gasteiger partial charge in [-0.05, 0) is 36.4 Å². The van der Waals surface area contributed by atoms with Crippen molar-refractivity contribution in [2.24, 2.45) is 0 Å². The van der Waals surface area contributed by atoms with Crippen LogP contribution in [0.1, 0.15) is 0 Å². The molecule has 8 heteroatoms. The summed E-state index contributed by atoms with van der Waals surface area (Å²) >= 11 is 0. The molecule has 21 heavy (non-hydrogen) atoms. The Hall–Kier alpha value is -2.77. The van der Waals surface area contributed by atoms with Crippen LogP contribution in [0.2, 0.25) is 0 Å². The Morgan fingerprint density at radius 1 is 1.10 bits per heavy atom. The number of H-pyrrole nitrogens is 1.